The lowest BCUT2D eigenvalue weighted by molar-refractivity contribution is 0.0980. The van der Waals surface area contributed by atoms with E-state index in [9.17, 15) is 17.6 Å². The summed E-state index contributed by atoms with van der Waals surface area (Å²) in [5.74, 6) is -0.185. The van der Waals surface area contributed by atoms with Crippen LogP contribution in [0.15, 0.2) is 83.8 Å². The largest absolute Gasteiger partial charge is 0.494 e. The molecule has 0 spiro atoms. The van der Waals surface area contributed by atoms with Crippen LogP contribution in [0.4, 0.5) is 4.39 Å². The number of carbonyl (C=O) groups is 1. The van der Waals surface area contributed by atoms with Crippen LogP contribution >= 0.6 is 0 Å². The molecule has 6 heteroatoms. The van der Waals surface area contributed by atoms with Crippen LogP contribution in [0.1, 0.15) is 40.9 Å². The van der Waals surface area contributed by atoms with Gasteiger partial charge in [-0.15, -0.1) is 0 Å². The molecule has 0 radical (unpaired) electrons. The molecule has 0 heterocycles. The fourth-order valence-corrected chi connectivity index (χ4v) is 4.85. The number of halogens is 1. The SMILES string of the molecule is CCCOc1ccc(C(CC(=O)c2ccc(F)cc2)S(=O)(=O)c2ccccc2)cc1. The number of Topliss-reactive ketones (excluding diaryl/α,β-unsaturated/α-hetero) is 1. The summed E-state index contributed by atoms with van der Waals surface area (Å²) in [7, 11) is -3.83. The van der Waals surface area contributed by atoms with E-state index in [0.717, 1.165) is 6.42 Å². The van der Waals surface area contributed by atoms with Crippen molar-refractivity contribution in [3.63, 3.8) is 0 Å². The van der Waals surface area contributed by atoms with Crippen LogP contribution in [0.5, 0.6) is 5.75 Å². The van der Waals surface area contributed by atoms with E-state index in [2.05, 4.69) is 0 Å². The number of rotatable bonds is 9. The Morgan fingerprint density at radius 3 is 2.17 bits per heavy atom. The summed E-state index contributed by atoms with van der Waals surface area (Å²) in [5, 5.41) is -1.07. The normalized spacial score (nSPS) is 12.3. The minimum Gasteiger partial charge on any atom is -0.494 e. The van der Waals surface area contributed by atoms with Gasteiger partial charge in [0.15, 0.2) is 15.6 Å². The van der Waals surface area contributed by atoms with Gasteiger partial charge in [0.2, 0.25) is 0 Å². The Kier molecular flexibility index (Phi) is 7.00. The number of hydrogen-bond acceptors (Lipinski definition) is 4. The summed E-state index contributed by atoms with van der Waals surface area (Å²) in [4.78, 5) is 13.0. The van der Waals surface area contributed by atoms with Crippen LogP contribution in [0.25, 0.3) is 0 Å². The average molecular weight is 427 g/mol. The molecule has 0 aliphatic rings. The molecule has 0 aliphatic carbocycles. The van der Waals surface area contributed by atoms with Gasteiger partial charge in [-0.25, -0.2) is 12.8 Å². The summed E-state index contributed by atoms with van der Waals surface area (Å²) < 4.78 is 45.5. The molecule has 4 nitrogen and oxygen atoms in total. The summed E-state index contributed by atoms with van der Waals surface area (Å²) >= 11 is 0. The summed E-state index contributed by atoms with van der Waals surface area (Å²) in [6.45, 7) is 2.56. The molecule has 0 bridgehead atoms. The molecule has 30 heavy (non-hydrogen) atoms. The quantitative estimate of drug-likeness (QED) is 0.430. The van der Waals surface area contributed by atoms with Gasteiger partial charge in [-0.2, -0.15) is 0 Å². The lowest BCUT2D eigenvalue weighted by atomic mass is 10.0. The van der Waals surface area contributed by atoms with Crippen LogP contribution in [0.2, 0.25) is 0 Å². The molecule has 0 fully saturated rings. The minimum atomic E-state index is -3.83. The van der Waals surface area contributed by atoms with Gasteiger partial charge in [0.05, 0.1) is 16.8 Å². The number of ether oxygens (including phenoxy) is 1. The smallest absolute Gasteiger partial charge is 0.185 e. The van der Waals surface area contributed by atoms with Gasteiger partial charge in [0.1, 0.15) is 11.6 Å². The van der Waals surface area contributed by atoms with E-state index >= 15 is 0 Å². The zero-order valence-corrected chi connectivity index (χ0v) is 17.4. The molecule has 0 saturated heterocycles. The van der Waals surface area contributed by atoms with Crippen molar-refractivity contribution in [1.82, 2.24) is 0 Å². The van der Waals surface area contributed by atoms with Crippen LogP contribution in [0.3, 0.4) is 0 Å². The molecule has 0 aliphatic heterocycles. The maximum Gasteiger partial charge on any atom is 0.185 e. The van der Waals surface area contributed by atoms with Crippen molar-refractivity contribution in [2.75, 3.05) is 6.61 Å². The van der Waals surface area contributed by atoms with Gasteiger partial charge >= 0.3 is 0 Å². The van der Waals surface area contributed by atoms with Gasteiger partial charge < -0.3 is 4.74 Å². The van der Waals surface area contributed by atoms with Gasteiger partial charge in [0, 0.05) is 12.0 Å². The van der Waals surface area contributed by atoms with Crippen LogP contribution in [-0.2, 0) is 9.84 Å². The number of hydrogen-bond donors (Lipinski definition) is 0. The second kappa shape index (κ2) is 9.67. The topological polar surface area (TPSA) is 60.4 Å². The summed E-state index contributed by atoms with van der Waals surface area (Å²) in [6.07, 6.45) is 0.608. The number of benzene rings is 3. The zero-order valence-electron chi connectivity index (χ0n) is 16.6. The van der Waals surface area contributed by atoms with Crippen molar-refractivity contribution < 1.29 is 22.3 Å². The average Bonchev–Trinajstić information content (AvgIpc) is 2.77. The fraction of sp³-hybridized carbons (Fsp3) is 0.208. The number of ketones is 1. The van der Waals surface area contributed by atoms with Gasteiger partial charge in [-0.3, -0.25) is 4.79 Å². The van der Waals surface area contributed by atoms with Crippen molar-refractivity contribution in [3.8, 4) is 5.75 Å². The van der Waals surface area contributed by atoms with E-state index in [0.29, 0.717) is 17.9 Å². The molecular formula is C24H23FO4S. The fourth-order valence-electron chi connectivity index (χ4n) is 3.10. The highest BCUT2D eigenvalue weighted by molar-refractivity contribution is 7.91. The van der Waals surface area contributed by atoms with E-state index in [4.69, 9.17) is 4.74 Å². The van der Waals surface area contributed by atoms with Crippen LogP contribution < -0.4 is 4.74 Å². The lowest BCUT2D eigenvalue weighted by Crippen LogP contribution is -2.18. The first-order valence-corrected chi connectivity index (χ1v) is 11.3. The van der Waals surface area contributed by atoms with E-state index in [1.807, 2.05) is 6.92 Å². The van der Waals surface area contributed by atoms with Gasteiger partial charge in [-0.05, 0) is 60.5 Å². The van der Waals surface area contributed by atoms with Crippen molar-refractivity contribution in [3.05, 3.63) is 95.8 Å². The van der Waals surface area contributed by atoms with Crippen molar-refractivity contribution >= 4 is 15.6 Å². The van der Waals surface area contributed by atoms with Crippen LogP contribution in [0, 0.1) is 5.82 Å². The maximum absolute atomic E-state index is 13.4. The molecule has 3 aromatic carbocycles. The number of sulfone groups is 1. The maximum atomic E-state index is 13.4. The molecule has 3 rings (SSSR count). The molecule has 0 saturated carbocycles. The Morgan fingerprint density at radius 2 is 1.57 bits per heavy atom. The predicted molar refractivity (Wildman–Crippen MR) is 114 cm³/mol. The van der Waals surface area contributed by atoms with E-state index in [1.165, 1.54) is 36.4 Å². The van der Waals surface area contributed by atoms with Crippen molar-refractivity contribution in [2.24, 2.45) is 0 Å². The third-order valence-corrected chi connectivity index (χ3v) is 6.83. The molecule has 1 atom stereocenters. The molecular weight excluding hydrogens is 403 g/mol. The first kappa shape index (κ1) is 21.7. The Balaban J connectivity index is 1.96. The molecule has 0 aromatic heterocycles. The summed E-state index contributed by atoms with van der Waals surface area (Å²) in [6, 6.07) is 19.9. The Morgan fingerprint density at radius 1 is 0.933 bits per heavy atom. The molecule has 0 N–H and O–H groups in total. The van der Waals surface area contributed by atoms with E-state index < -0.39 is 20.9 Å². The van der Waals surface area contributed by atoms with Gasteiger partial charge in [-0.1, -0.05) is 37.3 Å². The second-order valence-electron chi connectivity index (χ2n) is 6.90. The van der Waals surface area contributed by atoms with Gasteiger partial charge in [0.25, 0.3) is 0 Å². The Labute approximate surface area is 176 Å². The molecule has 0 amide bonds. The first-order chi connectivity index (χ1) is 14.4. The van der Waals surface area contributed by atoms with Crippen LogP contribution in [-0.4, -0.2) is 20.8 Å². The number of carbonyl (C=O) groups excluding carboxylic acids is 1. The standard InChI is InChI=1S/C24H23FO4S/c1-2-16-29-21-14-10-19(11-15-21)24(30(27,28)22-6-4-3-5-7-22)17-23(26)18-8-12-20(25)13-9-18/h3-15,24H,2,16-17H2,1H3. The highest BCUT2D eigenvalue weighted by atomic mass is 32.2. The van der Waals surface area contributed by atoms with E-state index in [-0.39, 0.29) is 22.7 Å². The van der Waals surface area contributed by atoms with Crippen molar-refractivity contribution in [1.29, 1.82) is 0 Å². The van der Waals surface area contributed by atoms with Crippen molar-refractivity contribution in [2.45, 2.75) is 29.9 Å². The van der Waals surface area contributed by atoms with E-state index in [1.54, 1.807) is 42.5 Å². The second-order valence-corrected chi connectivity index (χ2v) is 9.03. The third kappa shape index (κ3) is 5.13. The zero-order chi connectivity index (χ0) is 21.6. The predicted octanol–water partition coefficient (Wildman–Crippen LogP) is 5.40. The monoisotopic (exact) mass is 426 g/mol. The Hall–Kier alpha value is -2.99. The third-order valence-electron chi connectivity index (χ3n) is 4.71. The first-order valence-electron chi connectivity index (χ1n) is 9.72. The summed E-state index contributed by atoms with van der Waals surface area (Å²) in [5.41, 5.74) is 0.769. The lowest BCUT2D eigenvalue weighted by Gasteiger charge is -2.18. The minimum absolute atomic E-state index is 0.146. The molecule has 3 aromatic rings. The highest BCUT2D eigenvalue weighted by Gasteiger charge is 2.31. The molecule has 156 valence electrons. The molecule has 1 unspecified atom stereocenters. The highest BCUT2D eigenvalue weighted by Crippen LogP contribution is 2.34. The Bertz CT molecular complexity index is 1080.